The Labute approximate surface area is 149 Å². The molecule has 1 fully saturated rings. The molecule has 5 heteroatoms. The zero-order valence-corrected chi connectivity index (χ0v) is 15.8. The van der Waals surface area contributed by atoms with E-state index in [1.807, 2.05) is 22.8 Å². The first-order valence-corrected chi connectivity index (χ1v) is 9.18. The van der Waals surface area contributed by atoms with Crippen molar-refractivity contribution in [1.82, 2.24) is 14.5 Å². The van der Waals surface area contributed by atoms with Gasteiger partial charge in [-0.2, -0.15) is 0 Å². The van der Waals surface area contributed by atoms with Crippen LogP contribution in [0.5, 0.6) is 5.75 Å². The van der Waals surface area contributed by atoms with E-state index >= 15 is 0 Å². The molecule has 0 radical (unpaired) electrons. The van der Waals surface area contributed by atoms with Crippen molar-refractivity contribution in [3.05, 3.63) is 34.7 Å². The highest BCUT2D eigenvalue weighted by Gasteiger charge is 2.32. The predicted molar refractivity (Wildman–Crippen MR) is 101 cm³/mol. The predicted octanol–water partition coefficient (Wildman–Crippen LogP) is 3.31. The van der Waals surface area contributed by atoms with Gasteiger partial charge in [0.1, 0.15) is 5.75 Å². The molecule has 1 unspecified atom stereocenters. The maximum absolute atomic E-state index is 12.4. The fraction of sp³-hybridized carbons (Fsp3) is 0.600. The van der Waals surface area contributed by atoms with Gasteiger partial charge in [0.25, 0.3) is 5.56 Å². The molecule has 1 aliphatic rings. The lowest BCUT2D eigenvalue weighted by Gasteiger charge is -2.43. The average molecular weight is 343 g/mol. The summed E-state index contributed by atoms with van der Waals surface area (Å²) in [6, 6.07) is 6.26. The van der Waals surface area contributed by atoms with E-state index in [1.54, 1.807) is 7.11 Å². The van der Waals surface area contributed by atoms with E-state index in [0.29, 0.717) is 12.6 Å². The van der Waals surface area contributed by atoms with Crippen molar-refractivity contribution in [3.63, 3.8) is 0 Å². The third kappa shape index (κ3) is 3.87. The first kappa shape index (κ1) is 17.9. The quantitative estimate of drug-likeness (QED) is 0.854. The lowest BCUT2D eigenvalue weighted by atomic mass is 9.80. The van der Waals surface area contributed by atoms with E-state index in [0.717, 1.165) is 29.9 Å². The minimum absolute atomic E-state index is 0.0509. The molecule has 1 aromatic carbocycles. The van der Waals surface area contributed by atoms with Crippen molar-refractivity contribution in [2.45, 2.75) is 52.6 Å². The fourth-order valence-electron chi connectivity index (χ4n) is 3.97. The fourth-order valence-corrected chi connectivity index (χ4v) is 3.97. The van der Waals surface area contributed by atoms with Gasteiger partial charge in [0.05, 0.1) is 24.3 Å². The molecular formula is C20H29N3O2. The monoisotopic (exact) mass is 343 g/mol. The number of ether oxygens (including phenoxy) is 1. The van der Waals surface area contributed by atoms with Crippen molar-refractivity contribution < 1.29 is 4.74 Å². The second-order valence-corrected chi connectivity index (χ2v) is 8.02. The number of benzene rings is 1. The van der Waals surface area contributed by atoms with Gasteiger partial charge in [0.2, 0.25) is 0 Å². The summed E-state index contributed by atoms with van der Waals surface area (Å²) in [5.41, 5.74) is 1.88. The van der Waals surface area contributed by atoms with Crippen LogP contribution in [0.3, 0.4) is 0 Å². The maximum Gasteiger partial charge on any atom is 0.269 e. The second kappa shape index (κ2) is 7.16. The van der Waals surface area contributed by atoms with Gasteiger partial charge in [-0.05, 0) is 36.9 Å². The number of hydrogen-bond donors (Lipinski definition) is 0. The summed E-state index contributed by atoms with van der Waals surface area (Å²) < 4.78 is 7.15. The van der Waals surface area contributed by atoms with Crippen LogP contribution in [0.2, 0.25) is 0 Å². The van der Waals surface area contributed by atoms with E-state index in [4.69, 9.17) is 4.74 Å². The summed E-state index contributed by atoms with van der Waals surface area (Å²) in [5.74, 6) is 0.749. The number of rotatable bonds is 4. The topological polar surface area (TPSA) is 47.4 Å². The number of likely N-dealkylation sites (tertiary alicyclic amines) is 1. The Morgan fingerprint density at radius 3 is 2.76 bits per heavy atom. The normalized spacial score (nSPS) is 19.3. The highest BCUT2D eigenvalue weighted by Crippen LogP contribution is 2.31. The molecule has 0 amide bonds. The Kier molecular flexibility index (Phi) is 5.13. The third-order valence-corrected chi connectivity index (χ3v) is 5.28. The molecule has 1 saturated heterocycles. The lowest BCUT2D eigenvalue weighted by Crippen LogP contribution is -2.48. The van der Waals surface area contributed by atoms with Crippen molar-refractivity contribution in [2.75, 3.05) is 20.2 Å². The molecule has 0 saturated carbocycles. The Morgan fingerprint density at radius 1 is 1.24 bits per heavy atom. The molecule has 2 heterocycles. The number of nitrogens with zero attached hydrogens (tertiary/aromatic N) is 3. The summed E-state index contributed by atoms with van der Waals surface area (Å²) in [5, 5.41) is 0. The van der Waals surface area contributed by atoms with Crippen LogP contribution in [0, 0.1) is 5.41 Å². The summed E-state index contributed by atoms with van der Waals surface area (Å²) in [6.45, 7) is 9.62. The molecular weight excluding hydrogens is 314 g/mol. The van der Waals surface area contributed by atoms with E-state index in [-0.39, 0.29) is 11.0 Å². The highest BCUT2D eigenvalue weighted by atomic mass is 16.5. The van der Waals surface area contributed by atoms with Crippen molar-refractivity contribution in [2.24, 2.45) is 5.41 Å². The zero-order chi connectivity index (χ0) is 18.0. The van der Waals surface area contributed by atoms with Gasteiger partial charge in [-0.1, -0.05) is 27.2 Å². The third-order valence-electron chi connectivity index (χ3n) is 5.28. The Hall–Kier alpha value is -1.88. The summed E-state index contributed by atoms with van der Waals surface area (Å²) in [4.78, 5) is 19.2. The number of aromatic nitrogens is 2. The van der Waals surface area contributed by atoms with Crippen LogP contribution in [0.25, 0.3) is 11.0 Å². The molecule has 1 atom stereocenters. The summed E-state index contributed by atoms with van der Waals surface area (Å²) >= 11 is 0. The number of fused-ring (bicyclic) bond motifs is 1. The molecule has 3 rings (SSSR count). The number of methoxy groups -OCH3 is 1. The van der Waals surface area contributed by atoms with Crippen LogP contribution in [0.15, 0.2) is 29.2 Å². The summed E-state index contributed by atoms with van der Waals surface area (Å²) in [6.07, 6.45) is 5.20. The van der Waals surface area contributed by atoms with Gasteiger partial charge in [0.15, 0.2) is 0 Å². The van der Waals surface area contributed by atoms with Crippen LogP contribution in [-0.2, 0) is 6.54 Å². The Bertz CT molecular complexity index is 792. The molecule has 0 N–H and O–H groups in total. The van der Waals surface area contributed by atoms with E-state index in [1.165, 1.54) is 25.5 Å². The summed E-state index contributed by atoms with van der Waals surface area (Å²) in [7, 11) is 1.64. The second-order valence-electron chi connectivity index (χ2n) is 8.02. The van der Waals surface area contributed by atoms with Crippen LogP contribution < -0.4 is 10.3 Å². The first-order chi connectivity index (χ1) is 11.9. The molecule has 136 valence electrons. The van der Waals surface area contributed by atoms with Gasteiger partial charge in [-0.3, -0.25) is 9.69 Å². The van der Waals surface area contributed by atoms with E-state index < -0.39 is 0 Å². The molecule has 1 aliphatic heterocycles. The first-order valence-electron chi connectivity index (χ1n) is 9.18. The van der Waals surface area contributed by atoms with E-state index in [2.05, 4.69) is 30.7 Å². The minimum Gasteiger partial charge on any atom is -0.497 e. The highest BCUT2D eigenvalue weighted by molar-refractivity contribution is 5.76. The average Bonchev–Trinajstić information content (AvgIpc) is 2.60. The Balaban J connectivity index is 1.87. The van der Waals surface area contributed by atoms with Gasteiger partial charge >= 0.3 is 0 Å². The van der Waals surface area contributed by atoms with Crippen LogP contribution >= 0.6 is 0 Å². The largest absolute Gasteiger partial charge is 0.497 e. The van der Waals surface area contributed by atoms with Crippen molar-refractivity contribution >= 4 is 11.0 Å². The lowest BCUT2D eigenvalue weighted by molar-refractivity contribution is 0.0610. The van der Waals surface area contributed by atoms with Crippen molar-refractivity contribution in [3.8, 4) is 5.75 Å². The molecule has 0 aliphatic carbocycles. The van der Waals surface area contributed by atoms with Gasteiger partial charge in [-0.15, -0.1) is 0 Å². The molecule has 5 nitrogen and oxygen atoms in total. The number of piperidine rings is 1. The zero-order valence-electron chi connectivity index (χ0n) is 15.8. The minimum atomic E-state index is -0.0509. The van der Waals surface area contributed by atoms with Gasteiger partial charge < -0.3 is 9.30 Å². The maximum atomic E-state index is 12.4. The molecule has 2 aromatic rings. The smallest absolute Gasteiger partial charge is 0.269 e. The molecule has 0 bridgehead atoms. The van der Waals surface area contributed by atoms with Crippen LogP contribution in [0.1, 0.15) is 40.0 Å². The Morgan fingerprint density at radius 2 is 2.04 bits per heavy atom. The standard InChI is InChI=1S/C20H29N3O2/c1-20(2,3)18-7-5-6-10-22(18)11-12-23-17-13-15(25-4)8-9-16(17)21-14-19(23)24/h8-9,13-14,18H,5-7,10-12H2,1-4H3. The molecule has 0 spiro atoms. The van der Waals surface area contributed by atoms with Gasteiger partial charge in [0, 0.05) is 25.2 Å². The molecule has 25 heavy (non-hydrogen) atoms. The van der Waals surface area contributed by atoms with Crippen LogP contribution in [-0.4, -0.2) is 40.7 Å². The molecule has 1 aromatic heterocycles. The van der Waals surface area contributed by atoms with Crippen LogP contribution in [0.4, 0.5) is 0 Å². The SMILES string of the molecule is COc1ccc2ncc(=O)n(CCN3CCCCC3C(C)(C)C)c2c1. The number of hydrogen-bond acceptors (Lipinski definition) is 4. The van der Waals surface area contributed by atoms with Crippen molar-refractivity contribution in [1.29, 1.82) is 0 Å². The van der Waals surface area contributed by atoms with Gasteiger partial charge in [-0.25, -0.2) is 4.98 Å². The van der Waals surface area contributed by atoms with E-state index in [9.17, 15) is 4.79 Å².